The largest absolute Gasteiger partial charge is 0.390 e. The van der Waals surface area contributed by atoms with Gasteiger partial charge in [-0.1, -0.05) is 22.9 Å². The zero-order valence-electron chi connectivity index (χ0n) is 10.3. The number of hydrogen-bond donors (Lipinski definition) is 1. The summed E-state index contributed by atoms with van der Waals surface area (Å²) in [7, 11) is 1.52. The number of nitrogens with zero attached hydrogens (tertiary/aromatic N) is 3. The number of halogens is 2. The van der Waals surface area contributed by atoms with Crippen molar-refractivity contribution in [1.82, 2.24) is 15.0 Å². The zero-order valence-corrected chi connectivity index (χ0v) is 11.1. The Bertz CT molecular complexity index is 554. The fraction of sp³-hybridized carbons (Fsp3) is 0.333. The van der Waals surface area contributed by atoms with E-state index in [1.54, 1.807) is 6.07 Å². The third-order valence-corrected chi connectivity index (χ3v) is 3.07. The van der Waals surface area contributed by atoms with E-state index in [0.717, 1.165) is 0 Å². The lowest BCUT2D eigenvalue weighted by Crippen LogP contribution is -2.10. The molecule has 0 spiro atoms. The van der Waals surface area contributed by atoms with Crippen LogP contribution in [0.25, 0.3) is 0 Å². The van der Waals surface area contributed by atoms with Gasteiger partial charge in [0, 0.05) is 17.7 Å². The molecule has 102 valence electrons. The van der Waals surface area contributed by atoms with Gasteiger partial charge >= 0.3 is 0 Å². The highest BCUT2D eigenvalue weighted by Gasteiger charge is 2.15. The maximum atomic E-state index is 13.7. The summed E-state index contributed by atoms with van der Waals surface area (Å²) in [5, 5.41) is 17.2. The molecule has 1 N–H and O–H groups in total. The van der Waals surface area contributed by atoms with Gasteiger partial charge in [-0.25, -0.2) is 9.07 Å². The Labute approximate surface area is 114 Å². The Balaban J connectivity index is 2.35. The van der Waals surface area contributed by atoms with Crippen molar-refractivity contribution in [2.45, 2.75) is 19.8 Å². The molecule has 19 heavy (non-hydrogen) atoms. The monoisotopic (exact) mass is 285 g/mol. The van der Waals surface area contributed by atoms with Crippen LogP contribution in [0.3, 0.4) is 0 Å². The van der Waals surface area contributed by atoms with Crippen LogP contribution in [0.4, 0.5) is 4.39 Å². The van der Waals surface area contributed by atoms with Crippen LogP contribution in [0, 0.1) is 5.82 Å². The molecule has 1 aromatic carbocycles. The lowest BCUT2D eigenvalue weighted by molar-refractivity contribution is 0.173. The van der Waals surface area contributed by atoms with E-state index < -0.39 is 5.82 Å². The minimum Gasteiger partial charge on any atom is -0.390 e. The van der Waals surface area contributed by atoms with Crippen LogP contribution >= 0.6 is 11.6 Å². The average molecular weight is 286 g/mol. The third-order valence-electron chi connectivity index (χ3n) is 2.72. The molecule has 0 fully saturated rings. The van der Waals surface area contributed by atoms with Gasteiger partial charge in [0.05, 0.1) is 25.5 Å². The van der Waals surface area contributed by atoms with Crippen molar-refractivity contribution in [3.8, 4) is 0 Å². The molecule has 1 heterocycles. The summed E-state index contributed by atoms with van der Waals surface area (Å²) in [5.74, 6) is -0.406. The first-order valence-electron chi connectivity index (χ1n) is 5.61. The predicted octanol–water partition coefficient (Wildman–Crippen LogP) is 1.76. The number of hydrogen-bond acceptors (Lipinski definition) is 4. The molecular weight excluding hydrogens is 273 g/mol. The molecule has 1 aromatic heterocycles. The fourth-order valence-electron chi connectivity index (χ4n) is 1.75. The maximum absolute atomic E-state index is 13.7. The van der Waals surface area contributed by atoms with E-state index in [-0.39, 0.29) is 19.8 Å². The van der Waals surface area contributed by atoms with Gasteiger partial charge in [-0.3, -0.25) is 0 Å². The summed E-state index contributed by atoms with van der Waals surface area (Å²) in [6, 6.07) is 4.48. The van der Waals surface area contributed by atoms with Crippen LogP contribution in [0.2, 0.25) is 5.02 Å². The summed E-state index contributed by atoms with van der Waals surface area (Å²) in [4.78, 5) is 0. The third kappa shape index (κ3) is 2.91. The Morgan fingerprint density at radius 2 is 2.26 bits per heavy atom. The molecule has 0 unspecified atom stereocenters. The fourth-order valence-corrected chi connectivity index (χ4v) is 1.97. The summed E-state index contributed by atoms with van der Waals surface area (Å²) in [6.45, 7) is 0.121. The van der Waals surface area contributed by atoms with Gasteiger partial charge in [0.2, 0.25) is 0 Å². The number of benzene rings is 1. The molecule has 0 bridgehead atoms. The standard InChI is InChI=1S/C12H13ClFN3O2/c1-19-7-12-11(6-18)15-16-17(12)5-8-9(13)3-2-4-10(8)14/h2-4,18H,5-7H2,1H3. The van der Waals surface area contributed by atoms with E-state index in [2.05, 4.69) is 10.3 Å². The highest BCUT2D eigenvalue weighted by Crippen LogP contribution is 2.21. The van der Waals surface area contributed by atoms with Gasteiger partial charge in [-0.2, -0.15) is 0 Å². The number of methoxy groups -OCH3 is 1. The van der Waals surface area contributed by atoms with E-state index in [1.807, 2.05) is 0 Å². The maximum Gasteiger partial charge on any atom is 0.129 e. The van der Waals surface area contributed by atoms with E-state index in [4.69, 9.17) is 21.4 Å². The first kappa shape index (κ1) is 13.9. The van der Waals surface area contributed by atoms with Crippen molar-refractivity contribution >= 4 is 11.6 Å². The lowest BCUT2D eigenvalue weighted by atomic mass is 10.2. The molecule has 5 nitrogen and oxygen atoms in total. The first-order valence-corrected chi connectivity index (χ1v) is 5.99. The second-order valence-electron chi connectivity index (χ2n) is 3.93. The van der Waals surface area contributed by atoms with Crippen molar-refractivity contribution in [3.05, 3.63) is 46.0 Å². The summed E-state index contributed by atoms with van der Waals surface area (Å²) >= 11 is 5.97. The lowest BCUT2D eigenvalue weighted by Gasteiger charge is -2.09. The molecule has 0 saturated carbocycles. The molecule has 0 aliphatic heterocycles. The molecule has 0 aliphatic rings. The Morgan fingerprint density at radius 3 is 2.89 bits per heavy atom. The number of aliphatic hydroxyl groups excluding tert-OH is 1. The van der Waals surface area contributed by atoms with Gasteiger partial charge in [-0.15, -0.1) is 5.10 Å². The van der Waals surface area contributed by atoms with E-state index >= 15 is 0 Å². The van der Waals surface area contributed by atoms with Crippen LogP contribution < -0.4 is 0 Å². The quantitative estimate of drug-likeness (QED) is 0.909. The van der Waals surface area contributed by atoms with Crippen LogP contribution in [0.5, 0.6) is 0 Å². The summed E-state index contributed by atoms with van der Waals surface area (Å²) in [6.07, 6.45) is 0. The highest BCUT2D eigenvalue weighted by atomic mass is 35.5. The number of aromatic nitrogens is 3. The molecule has 0 saturated heterocycles. The molecular formula is C12H13ClFN3O2. The Morgan fingerprint density at radius 1 is 1.47 bits per heavy atom. The predicted molar refractivity (Wildman–Crippen MR) is 67.2 cm³/mol. The van der Waals surface area contributed by atoms with E-state index in [1.165, 1.54) is 23.9 Å². The Hall–Kier alpha value is -1.50. The van der Waals surface area contributed by atoms with Gasteiger partial charge < -0.3 is 9.84 Å². The summed E-state index contributed by atoms with van der Waals surface area (Å²) in [5.41, 5.74) is 1.34. The number of aliphatic hydroxyl groups is 1. The average Bonchev–Trinajstić information content (AvgIpc) is 2.77. The molecule has 2 aromatic rings. The van der Waals surface area contributed by atoms with Crippen LogP contribution in [-0.4, -0.2) is 27.2 Å². The van der Waals surface area contributed by atoms with E-state index in [9.17, 15) is 4.39 Å². The molecule has 2 rings (SSSR count). The highest BCUT2D eigenvalue weighted by molar-refractivity contribution is 6.31. The van der Waals surface area contributed by atoms with Crippen LogP contribution in [0.1, 0.15) is 17.0 Å². The summed E-state index contributed by atoms with van der Waals surface area (Å²) < 4.78 is 20.2. The Kier molecular flexibility index (Phi) is 4.47. The van der Waals surface area contributed by atoms with Gasteiger partial charge in [-0.05, 0) is 12.1 Å². The van der Waals surface area contributed by atoms with Crippen molar-refractivity contribution < 1.29 is 14.2 Å². The normalized spacial score (nSPS) is 10.9. The van der Waals surface area contributed by atoms with Gasteiger partial charge in [0.1, 0.15) is 11.5 Å². The van der Waals surface area contributed by atoms with Crippen LogP contribution in [0.15, 0.2) is 18.2 Å². The SMILES string of the molecule is COCc1c(CO)nnn1Cc1c(F)cccc1Cl. The van der Waals surface area contributed by atoms with Crippen molar-refractivity contribution in [2.24, 2.45) is 0 Å². The number of rotatable bonds is 5. The molecule has 0 radical (unpaired) electrons. The van der Waals surface area contributed by atoms with Crippen molar-refractivity contribution in [2.75, 3.05) is 7.11 Å². The smallest absolute Gasteiger partial charge is 0.129 e. The van der Waals surface area contributed by atoms with Crippen molar-refractivity contribution in [3.63, 3.8) is 0 Å². The van der Waals surface area contributed by atoms with Gasteiger partial charge in [0.25, 0.3) is 0 Å². The molecule has 0 aliphatic carbocycles. The minimum atomic E-state index is -0.406. The van der Waals surface area contributed by atoms with Gasteiger partial charge in [0.15, 0.2) is 0 Å². The second-order valence-corrected chi connectivity index (χ2v) is 4.34. The molecule has 7 heteroatoms. The minimum absolute atomic E-state index is 0.136. The molecule has 0 atom stereocenters. The van der Waals surface area contributed by atoms with Crippen LogP contribution in [-0.2, 0) is 24.5 Å². The van der Waals surface area contributed by atoms with E-state index in [0.29, 0.717) is 22.0 Å². The van der Waals surface area contributed by atoms with Crippen molar-refractivity contribution in [1.29, 1.82) is 0 Å². The first-order chi connectivity index (χ1) is 9.17. The zero-order chi connectivity index (χ0) is 13.8. The second kappa shape index (κ2) is 6.10. The number of ether oxygens (including phenoxy) is 1. The molecule has 0 amide bonds. The topological polar surface area (TPSA) is 60.2 Å².